The van der Waals surface area contributed by atoms with E-state index < -0.39 is 0 Å². The molecular formula is C49H36N6O. The lowest BCUT2D eigenvalue weighted by atomic mass is 9.74. The van der Waals surface area contributed by atoms with Gasteiger partial charge in [-0.25, -0.2) is 9.97 Å². The van der Waals surface area contributed by atoms with Crippen molar-refractivity contribution < 1.29 is 4.74 Å². The van der Waals surface area contributed by atoms with Gasteiger partial charge in [0.05, 0.1) is 22.1 Å². The van der Waals surface area contributed by atoms with Crippen LogP contribution < -0.4 is 4.74 Å². The number of fused-ring (bicyclic) bond motifs is 8. The van der Waals surface area contributed by atoms with Gasteiger partial charge in [-0.3, -0.25) is 9.97 Å². The molecule has 10 aromatic rings. The highest BCUT2D eigenvalue weighted by Gasteiger charge is 2.35. The van der Waals surface area contributed by atoms with Crippen LogP contribution in [0.3, 0.4) is 0 Å². The minimum Gasteiger partial charge on any atom is -0.457 e. The Balaban J connectivity index is 0.891. The van der Waals surface area contributed by atoms with Crippen molar-refractivity contribution in [2.24, 2.45) is 14.1 Å². The zero-order valence-corrected chi connectivity index (χ0v) is 31.4. The molecule has 5 heterocycles. The fraction of sp³-hybridized carbons (Fsp3) is 0.102. The van der Waals surface area contributed by atoms with Gasteiger partial charge in [0.15, 0.2) is 11.6 Å². The lowest BCUT2D eigenvalue weighted by Gasteiger charge is -2.35. The van der Waals surface area contributed by atoms with Crippen molar-refractivity contribution in [2.45, 2.75) is 19.3 Å². The summed E-state index contributed by atoms with van der Waals surface area (Å²) in [5.41, 5.74) is 12.0. The molecule has 4 aromatic heterocycles. The smallest absolute Gasteiger partial charge is 0.159 e. The van der Waals surface area contributed by atoms with Crippen molar-refractivity contribution in [1.29, 1.82) is 0 Å². The molecule has 0 radical (unpaired) electrons. The van der Waals surface area contributed by atoms with Crippen LogP contribution in [0.25, 0.3) is 88.9 Å². The number of hydrogen-bond acceptors (Lipinski definition) is 5. The summed E-state index contributed by atoms with van der Waals surface area (Å²) >= 11 is 0. The zero-order chi connectivity index (χ0) is 37.7. The fourth-order valence-corrected chi connectivity index (χ4v) is 8.54. The van der Waals surface area contributed by atoms with E-state index in [1.54, 1.807) is 0 Å². The molecule has 268 valence electrons. The Morgan fingerprint density at radius 3 is 1.38 bits per heavy atom. The second kappa shape index (κ2) is 11.9. The lowest BCUT2D eigenvalue weighted by Crippen LogP contribution is -2.24. The summed E-state index contributed by atoms with van der Waals surface area (Å²) < 4.78 is 10.8. The fourth-order valence-electron chi connectivity index (χ4n) is 8.54. The van der Waals surface area contributed by atoms with E-state index in [1.165, 1.54) is 10.8 Å². The van der Waals surface area contributed by atoms with E-state index in [9.17, 15) is 0 Å². The van der Waals surface area contributed by atoms with Gasteiger partial charge in [0.2, 0.25) is 0 Å². The number of benzene rings is 6. The molecule has 0 aliphatic carbocycles. The Hall–Kier alpha value is -7.12. The topological polar surface area (TPSA) is 70.7 Å². The molecule has 0 N–H and O–H groups in total. The predicted octanol–water partition coefficient (Wildman–Crippen LogP) is 11.7. The molecule has 6 aromatic carbocycles. The van der Waals surface area contributed by atoms with Gasteiger partial charge >= 0.3 is 0 Å². The number of aromatic nitrogens is 6. The number of rotatable bonds is 4. The average molecular weight is 725 g/mol. The van der Waals surface area contributed by atoms with Crippen LogP contribution in [0, 0.1) is 0 Å². The van der Waals surface area contributed by atoms with Crippen LogP contribution in [0.5, 0.6) is 11.5 Å². The molecular weight excluding hydrogens is 689 g/mol. The van der Waals surface area contributed by atoms with Gasteiger partial charge in [0, 0.05) is 64.9 Å². The van der Waals surface area contributed by atoms with Gasteiger partial charge in [0.1, 0.15) is 22.9 Å². The third-order valence-electron chi connectivity index (χ3n) is 11.7. The Labute approximate surface area is 323 Å². The Kier molecular flexibility index (Phi) is 6.89. The van der Waals surface area contributed by atoms with Crippen molar-refractivity contribution >= 4 is 43.6 Å². The maximum Gasteiger partial charge on any atom is 0.159 e. The molecule has 0 amide bonds. The Bertz CT molecular complexity index is 2990. The lowest BCUT2D eigenvalue weighted by molar-refractivity contribution is 0.418. The molecule has 0 spiro atoms. The zero-order valence-electron chi connectivity index (χ0n) is 31.4. The number of hydrogen-bond donors (Lipinski definition) is 0. The molecule has 11 rings (SSSR count). The predicted molar refractivity (Wildman–Crippen MR) is 226 cm³/mol. The molecule has 1 aliphatic rings. The number of aryl methyl sites for hydroxylation is 2. The Morgan fingerprint density at radius 2 is 0.929 bits per heavy atom. The number of ether oxygens (including phenoxy) is 1. The molecule has 0 bridgehead atoms. The van der Waals surface area contributed by atoms with E-state index >= 15 is 0 Å². The van der Waals surface area contributed by atoms with Gasteiger partial charge < -0.3 is 13.9 Å². The maximum absolute atomic E-state index is 6.54. The summed E-state index contributed by atoms with van der Waals surface area (Å²) in [6, 6.07) is 46.7. The largest absolute Gasteiger partial charge is 0.457 e. The highest BCUT2D eigenvalue weighted by atomic mass is 16.5. The molecule has 0 saturated carbocycles. The molecule has 0 fully saturated rings. The molecule has 7 heteroatoms. The summed E-state index contributed by atoms with van der Waals surface area (Å²) in [6.45, 7) is 4.54. The molecule has 7 nitrogen and oxygen atoms in total. The molecule has 0 unspecified atom stereocenters. The van der Waals surface area contributed by atoms with Gasteiger partial charge in [-0.2, -0.15) is 0 Å². The van der Waals surface area contributed by atoms with Crippen LogP contribution in [0.4, 0.5) is 0 Å². The molecule has 56 heavy (non-hydrogen) atoms. The highest BCUT2D eigenvalue weighted by molar-refractivity contribution is 6.06. The van der Waals surface area contributed by atoms with Crippen LogP contribution in [0.2, 0.25) is 0 Å². The van der Waals surface area contributed by atoms with E-state index in [2.05, 4.69) is 171 Å². The number of imidazole rings is 2. The van der Waals surface area contributed by atoms with E-state index in [0.29, 0.717) is 0 Å². The second-order valence-electron chi connectivity index (χ2n) is 15.3. The summed E-state index contributed by atoms with van der Waals surface area (Å²) in [6.07, 6.45) is 3.90. The van der Waals surface area contributed by atoms with Crippen LogP contribution in [-0.4, -0.2) is 29.1 Å². The van der Waals surface area contributed by atoms with E-state index in [0.717, 1.165) is 101 Å². The minimum absolute atomic E-state index is 0.318. The number of nitrogens with zero attached hydrogens (tertiary/aromatic N) is 6. The first-order valence-electron chi connectivity index (χ1n) is 18.9. The van der Waals surface area contributed by atoms with Crippen molar-refractivity contribution in [3.05, 3.63) is 157 Å². The third kappa shape index (κ3) is 4.83. The van der Waals surface area contributed by atoms with Crippen LogP contribution in [-0.2, 0) is 19.5 Å². The third-order valence-corrected chi connectivity index (χ3v) is 11.7. The van der Waals surface area contributed by atoms with Gasteiger partial charge in [-0.15, -0.1) is 0 Å². The minimum atomic E-state index is -0.318. The van der Waals surface area contributed by atoms with Crippen molar-refractivity contribution in [2.75, 3.05) is 0 Å². The molecule has 0 saturated heterocycles. The van der Waals surface area contributed by atoms with Gasteiger partial charge in [0.25, 0.3) is 0 Å². The van der Waals surface area contributed by atoms with Crippen LogP contribution in [0.1, 0.15) is 25.0 Å². The first kappa shape index (κ1) is 32.3. The first-order chi connectivity index (χ1) is 27.3. The van der Waals surface area contributed by atoms with Crippen molar-refractivity contribution in [3.63, 3.8) is 0 Å². The van der Waals surface area contributed by atoms with E-state index in [4.69, 9.17) is 24.7 Å². The van der Waals surface area contributed by atoms with Crippen LogP contribution in [0.15, 0.2) is 146 Å². The van der Waals surface area contributed by atoms with Crippen LogP contribution >= 0.6 is 0 Å². The Morgan fingerprint density at radius 1 is 0.482 bits per heavy atom. The van der Waals surface area contributed by atoms with E-state index in [1.807, 2.05) is 12.4 Å². The SMILES string of the molecule is Cn1c(-c2ccc(-c3ccc4c(c3)C(C)(C)c3cc(-c5ccc(-c6nc7c8ccccc8ccc7n6C)nc5)ccc3O4)cn2)nc2c3ccccc3ccc21. The monoisotopic (exact) mass is 724 g/mol. The molecule has 1 aliphatic heterocycles. The van der Waals surface area contributed by atoms with Crippen molar-refractivity contribution in [1.82, 2.24) is 29.1 Å². The summed E-state index contributed by atoms with van der Waals surface area (Å²) in [5.74, 6) is 3.44. The quantitative estimate of drug-likeness (QED) is 0.181. The number of pyridine rings is 2. The highest BCUT2D eigenvalue weighted by Crippen LogP contribution is 2.50. The van der Waals surface area contributed by atoms with Crippen molar-refractivity contribution in [3.8, 4) is 56.8 Å². The summed E-state index contributed by atoms with van der Waals surface area (Å²) in [7, 11) is 4.11. The van der Waals surface area contributed by atoms with Gasteiger partial charge in [-0.1, -0.05) is 98.8 Å². The normalized spacial score (nSPS) is 13.3. The maximum atomic E-state index is 6.54. The van der Waals surface area contributed by atoms with Gasteiger partial charge in [-0.05, 0) is 70.4 Å². The molecule has 0 atom stereocenters. The summed E-state index contributed by atoms with van der Waals surface area (Å²) in [5, 5.41) is 4.66. The van der Waals surface area contributed by atoms with E-state index in [-0.39, 0.29) is 5.41 Å². The standard InChI is InChI=1S/C49H36N6O/c1-49(2)37-25-31(33-13-19-39(50-27-33)47-52-45-35-11-7-5-9-29(35)15-21-41(45)54(47)3)17-23-43(37)56-44-24-18-32(26-38(44)49)34-14-20-40(51-28-34)48-53-46-36-12-8-6-10-30(36)16-22-42(46)55(48)4/h5-28H,1-4H3. The first-order valence-corrected chi connectivity index (χ1v) is 18.9. The second-order valence-corrected chi connectivity index (χ2v) is 15.3. The summed E-state index contributed by atoms with van der Waals surface area (Å²) in [4.78, 5) is 19.9. The average Bonchev–Trinajstić information content (AvgIpc) is 3.77.